The zero-order valence-corrected chi connectivity index (χ0v) is 12.5. The van der Waals surface area contributed by atoms with Crippen molar-refractivity contribution in [2.45, 2.75) is 37.6 Å². The van der Waals surface area contributed by atoms with E-state index in [1.807, 2.05) is 18.2 Å². The van der Waals surface area contributed by atoms with Crippen LogP contribution in [0, 0.1) is 0 Å². The van der Waals surface area contributed by atoms with Gasteiger partial charge in [-0.05, 0) is 47.9 Å². The fourth-order valence-electron chi connectivity index (χ4n) is 3.26. The van der Waals surface area contributed by atoms with Crippen LogP contribution in [0.3, 0.4) is 0 Å². The SMILES string of the molecule is COc1cc2ccc(Cl)cc2cc1C1(N)CCCCC1. The van der Waals surface area contributed by atoms with Gasteiger partial charge in [-0.2, -0.15) is 0 Å². The first kappa shape index (κ1) is 13.7. The Labute approximate surface area is 124 Å². The minimum atomic E-state index is -0.264. The summed E-state index contributed by atoms with van der Waals surface area (Å²) in [6.45, 7) is 0. The Hall–Kier alpha value is -1.25. The highest BCUT2D eigenvalue weighted by Crippen LogP contribution is 2.41. The number of hydrogen-bond donors (Lipinski definition) is 1. The highest BCUT2D eigenvalue weighted by atomic mass is 35.5. The molecule has 2 aromatic rings. The number of nitrogens with two attached hydrogens (primary N) is 1. The van der Waals surface area contributed by atoms with Crippen LogP contribution in [0.25, 0.3) is 10.8 Å². The predicted octanol–water partition coefficient (Wildman–Crippen LogP) is 4.62. The van der Waals surface area contributed by atoms with E-state index in [0.717, 1.165) is 39.9 Å². The Balaban J connectivity index is 2.17. The van der Waals surface area contributed by atoms with Crippen LogP contribution in [0.4, 0.5) is 0 Å². The van der Waals surface area contributed by atoms with Gasteiger partial charge in [-0.3, -0.25) is 0 Å². The van der Waals surface area contributed by atoms with Gasteiger partial charge in [0.1, 0.15) is 5.75 Å². The molecule has 0 amide bonds. The second-order valence-electron chi connectivity index (χ2n) is 5.76. The second kappa shape index (κ2) is 5.27. The summed E-state index contributed by atoms with van der Waals surface area (Å²) in [5.74, 6) is 0.893. The molecule has 0 heterocycles. The first-order chi connectivity index (χ1) is 9.62. The lowest BCUT2D eigenvalue weighted by molar-refractivity contribution is 0.289. The lowest BCUT2D eigenvalue weighted by Crippen LogP contribution is -2.38. The molecule has 20 heavy (non-hydrogen) atoms. The number of benzene rings is 2. The van der Waals surface area contributed by atoms with Gasteiger partial charge >= 0.3 is 0 Å². The summed E-state index contributed by atoms with van der Waals surface area (Å²) >= 11 is 6.10. The molecule has 1 aliphatic carbocycles. The van der Waals surface area contributed by atoms with E-state index in [1.54, 1.807) is 7.11 Å². The van der Waals surface area contributed by atoms with Crippen molar-refractivity contribution in [3.8, 4) is 5.75 Å². The van der Waals surface area contributed by atoms with Gasteiger partial charge in [-0.25, -0.2) is 0 Å². The van der Waals surface area contributed by atoms with E-state index in [-0.39, 0.29) is 5.54 Å². The van der Waals surface area contributed by atoms with Crippen LogP contribution in [0.5, 0.6) is 5.75 Å². The smallest absolute Gasteiger partial charge is 0.124 e. The van der Waals surface area contributed by atoms with E-state index < -0.39 is 0 Å². The average molecular weight is 290 g/mol. The number of halogens is 1. The van der Waals surface area contributed by atoms with Crippen molar-refractivity contribution in [3.63, 3.8) is 0 Å². The van der Waals surface area contributed by atoms with E-state index in [9.17, 15) is 0 Å². The zero-order valence-electron chi connectivity index (χ0n) is 11.8. The molecule has 106 valence electrons. The summed E-state index contributed by atoms with van der Waals surface area (Å²) in [5.41, 5.74) is 7.53. The fraction of sp³-hybridized carbons (Fsp3) is 0.412. The van der Waals surface area contributed by atoms with Crippen molar-refractivity contribution in [1.82, 2.24) is 0 Å². The summed E-state index contributed by atoms with van der Waals surface area (Å²) in [5, 5.41) is 3.02. The van der Waals surface area contributed by atoms with E-state index >= 15 is 0 Å². The topological polar surface area (TPSA) is 35.2 Å². The summed E-state index contributed by atoms with van der Waals surface area (Å²) < 4.78 is 5.59. The number of hydrogen-bond acceptors (Lipinski definition) is 2. The summed E-state index contributed by atoms with van der Waals surface area (Å²) in [6.07, 6.45) is 5.70. The third kappa shape index (κ3) is 2.38. The van der Waals surface area contributed by atoms with E-state index in [1.165, 1.54) is 19.3 Å². The fourth-order valence-corrected chi connectivity index (χ4v) is 3.44. The Morgan fingerprint density at radius 3 is 2.50 bits per heavy atom. The Morgan fingerprint density at radius 1 is 1.05 bits per heavy atom. The maximum Gasteiger partial charge on any atom is 0.124 e. The lowest BCUT2D eigenvalue weighted by Gasteiger charge is -2.35. The molecule has 2 N–H and O–H groups in total. The molecule has 1 fully saturated rings. The average Bonchev–Trinajstić information content (AvgIpc) is 2.46. The molecule has 0 unspecified atom stereocenters. The summed E-state index contributed by atoms with van der Waals surface area (Å²) in [7, 11) is 1.72. The largest absolute Gasteiger partial charge is 0.496 e. The molecule has 0 atom stereocenters. The zero-order chi connectivity index (χ0) is 14.2. The maximum atomic E-state index is 6.67. The molecule has 2 nitrogen and oxygen atoms in total. The van der Waals surface area contributed by atoms with Gasteiger partial charge in [0, 0.05) is 16.1 Å². The standard InChI is InChI=1S/C17H20ClNO/c1-20-16-11-12-5-6-14(18)9-13(12)10-15(16)17(19)7-3-2-4-8-17/h5-6,9-11H,2-4,7-8,19H2,1H3. The van der Waals surface area contributed by atoms with Gasteiger partial charge in [0.25, 0.3) is 0 Å². The van der Waals surface area contributed by atoms with Crippen LogP contribution in [0.1, 0.15) is 37.7 Å². The van der Waals surface area contributed by atoms with Gasteiger partial charge < -0.3 is 10.5 Å². The van der Waals surface area contributed by atoms with Crippen LogP contribution in [0.15, 0.2) is 30.3 Å². The molecule has 1 saturated carbocycles. The van der Waals surface area contributed by atoms with Gasteiger partial charge in [-0.1, -0.05) is 36.9 Å². The molecule has 0 aromatic heterocycles. The van der Waals surface area contributed by atoms with Crippen LogP contribution in [-0.2, 0) is 5.54 Å². The Bertz CT molecular complexity index is 632. The van der Waals surface area contributed by atoms with Gasteiger partial charge in [0.2, 0.25) is 0 Å². The van der Waals surface area contributed by atoms with Crippen molar-refractivity contribution in [2.75, 3.05) is 7.11 Å². The third-order valence-corrected chi connectivity index (χ3v) is 4.64. The summed E-state index contributed by atoms with van der Waals surface area (Å²) in [6, 6.07) is 10.2. The van der Waals surface area contributed by atoms with Crippen molar-refractivity contribution < 1.29 is 4.74 Å². The van der Waals surface area contributed by atoms with Gasteiger partial charge in [-0.15, -0.1) is 0 Å². The maximum absolute atomic E-state index is 6.67. The highest BCUT2D eigenvalue weighted by Gasteiger charge is 2.32. The third-order valence-electron chi connectivity index (χ3n) is 4.40. The van der Waals surface area contributed by atoms with E-state index in [0.29, 0.717) is 0 Å². The molecular weight excluding hydrogens is 270 g/mol. The predicted molar refractivity (Wildman–Crippen MR) is 84.5 cm³/mol. The Kier molecular flexibility index (Phi) is 3.61. The second-order valence-corrected chi connectivity index (χ2v) is 6.20. The number of fused-ring (bicyclic) bond motifs is 1. The van der Waals surface area contributed by atoms with Crippen molar-refractivity contribution in [1.29, 1.82) is 0 Å². The number of methoxy groups -OCH3 is 1. The van der Waals surface area contributed by atoms with Crippen molar-refractivity contribution in [3.05, 3.63) is 40.9 Å². The highest BCUT2D eigenvalue weighted by molar-refractivity contribution is 6.31. The van der Waals surface area contributed by atoms with Crippen molar-refractivity contribution >= 4 is 22.4 Å². The quantitative estimate of drug-likeness (QED) is 0.875. The molecular formula is C17H20ClNO. The number of rotatable bonds is 2. The molecule has 0 aliphatic heterocycles. The van der Waals surface area contributed by atoms with Crippen LogP contribution in [0.2, 0.25) is 5.02 Å². The van der Waals surface area contributed by atoms with Gasteiger partial charge in [0.15, 0.2) is 0 Å². The van der Waals surface area contributed by atoms with E-state index in [4.69, 9.17) is 22.1 Å². The first-order valence-electron chi connectivity index (χ1n) is 7.19. The minimum absolute atomic E-state index is 0.264. The summed E-state index contributed by atoms with van der Waals surface area (Å²) in [4.78, 5) is 0. The molecule has 1 aliphatic rings. The number of ether oxygens (including phenoxy) is 1. The molecule has 2 aromatic carbocycles. The molecule has 3 heteroatoms. The molecule has 0 saturated heterocycles. The minimum Gasteiger partial charge on any atom is -0.496 e. The van der Waals surface area contributed by atoms with Gasteiger partial charge in [0.05, 0.1) is 7.11 Å². The van der Waals surface area contributed by atoms with Crippen LogP contribution < -0.4 is 10.5 Å². The molecule has 0 bridgehead atoms. The van der Waals surface area contributed by atoms with Crippen molar-refractivity contribution in [2.24, 2.45) is 5.73 Å². The van der Waals surface area contributed by atoms with Crippen LogP contribution in [-0.4, -0.2) is 7.11 Å². The van der Waals surface area contributed by atoms with Crippen LogP contribution >= 0.6 is 11.6 Å². The normalized spacial score (nSPS) is 18.1. The molecule has 3 rings (SSSR count). The molecule has 0 radical (unpaired) electrons. The first-order valence-corrected chi connectivity index (χ1v) is 7.57. The monoisotopic (exact) mass is 289 g/mol. The lowest BCUT2D eigenvalue weighted by atomic mass is 9.76. The Morgan fingerprint density at radius 2 is 1.80 bits per heavy atom. The molecule has 0 spiro atoms. The van der Waals surface area contributed by atoms with E-state index in [2.05, 4.69) is 12.1 Å².